The second kappa shape index (κ2) is 6.34. The topological polar surface area (TPSA) is 106 Å². The molecule has 0 aromatic heterocycles. The molecule has 1 amide bonds. The number of hydrogen-bond acceptors (Lipinski definition) is 6. The molecule has 1 atom stereocenters. The summed E-state index contributed by atoms with van der Waals surface area (Å²) in [7, 11) is -2.37. The standard InChI is InChI=1S/C14H19N3O5S/c1-21-12-5-10-11(22-8-14(18)16-10)6-13(12)23(19,20)17-9-3-2-4-15-7-9/h5-6,9,15,17H,2-4,7-8H2,1H3,(H,16,18)/t9-/m0/s1. The fraction of sp³-hybridized carbons (Fsp3) is 0.500. The van der Waals surface area contributed by atoms with Crippen LogP contribution in [0.3, 0.4) is 0 Å². The van der Waals surface area contributed by atoms with Gasteiger partial charge in [0.05, 0.1) is 12.8 Å². The van der Waals surface area contributed by atoms with Crippen LogP contribution in [0.1, 0.15) is 12.8 Å². The Hall–Kier alpha value is -1.84. The van der Waals surface area contributed by atoms with Crippen LogP contribution in [-0.2, 0) is 14.8 Å². The normalized spacial score (nSPS) is 21.1. The summed E-state index contributed by atoms with van der Waals surface area (Å²) in [5.41, 5.74) is 0.399. The zero-order valence-electron chi connectivity index (χ0n) is 12.7. The molecule has 0 spiro atoms. The van der Waals surface area contributed by atoms with Crippen molar-refractivity contribution in [3.05, 3.63) is 12.1 Å². The molecule has 2 aliphatic rings. The van der Waals surface area contributed by atoms with E-state index >= 15 is 0 Å². The maximum atomic E-state index is 12.7. The van der Waals surface area contributed by atoms with Crippen molar-refractivity contribution in [2.24, 2.45) is 0 Å². The summed E-state index contributed by atoms with van der Waals surface area (Å²) in [4.78, 5) is 11.4. The lowest BCUT2D eigenvalue weighted by Crippen LogP contribution is -2.45. The number of methoxy groups -OCH3 is 1. The van der Waals surface area contributed by atoms with Gasteiger partial charge < -0.3 is 20.1 Å². The molecule has 0 saturated carbocycles. The summed E-state index contributed by atoms with van der Waals surface area (Å²) in [5, 5.41) is 5.79. The molecule has 1 saturated heterocycles. The fourth-order valence-corrected chi connectivity index (χ4v) is 4.13. The maximum Gasteiger partial charge on any atom is 0.262 e. The van der Waals surface area contributed by atoms with Gasteiger partial charge in [0.15, 0.2) is 6.61 Å². The van der Waals surface area contributed by atoms with Crippen LogP contribution >= 0.6 is 0 Å². The van der Waals surface area contributed by atoms with Crippen molar-refractivity contribution in [3.63, 3.8) is 0 Å². The van der Waals surface area contributed by atoms with E-state index in [-0.39, 0.29) is 29.2 Å². The van der Waals surface area contributed by atoms with Crippen molar-refractivity contribution in [1.29, 1.82) is 0 Å². The lowest BCUT2D eigenvalue weighted by molar-refractivity contribution is -0.118. The van der Waals surface area contributed by atoms with Crippen LogP contribution in [0.4, 0.5) is 5.69 Å². The van der Waals surface area contributed by atoms with Crippen LogP contribution in [0.5, 0.6) is 11.5 Å². The Morgan fingerprint density at radius 2 is 2.22 bits per heavy atom. The summed E-state index contributed by atoms with van der Waals surface area (Å²) in [5.74, 6) is 0.180. The van der Waals surface area contributed by atoms with Gasteiger partial charge in [-0.15, -0.1) is 0 Å². The summed E-state index contributed by atoms with van der Waals surface area (Å²) in [6.07, 6.45) is 1.70. The highest BCUT2D eigenvalue weighted by Crippen LogP contribution is 2.37. The third-order valence-electron chi connectivity index (χ3n) is 3.81. The number of benzene rings is 1. The third-order valence-corrected chi connectivity index (χ3v) is 5.35. The van der Waals surface area contributed by atoms with Crippen molar-refractivity contribution in [2.75, 3.05) is 32.1 Å². The quantitative estimate of drug-likeness (QED) is 0.715. The molecule has 23 heavy (non-hydrogen) atoms. The molecule has 1 aromatic carbocycles. The van der Waals surface area contributed by atoms with Crippen molar-refractivity contribution < 1.29 is 22.7 Å². The molecule has 8 nitrogen and oxygen atoms in total. The first-order valence-corrected chi connectivity index (χ1v) is 8.85. The average Bonchev–Trinajstić information content (AvgIpc) is 2.54. The Morgan fingerprint density at radius 1 is 1.39 bits per heavy atom. The SMILES string of the molecule is COc1cc2c(cc1S(=O)(=O)N[C@H]1CCCNC1)OCC(=O)N2. The number of fused-ring (bicyclic) bond motifs is 1. The minimum absolute atomic E-state index is 0.000437. The zero-order chi connectivity index (χ0) is 16.4. The second-order valence-electron chi connectivity index (χ2n) is 5.50. The Labute approximate surface area is 134 Å². The minimum atomic E-state index is -3.76. The molecule has 0 aliphatic carbocycles. The van der Waals surface area contributed by atoms with E-state index in [1.807, 2.05) is 0 Å². The average molecular weight is 341 g/mol. The molecule has 0 bridgehead atoms. The van der Waals surface area contributed by atoms with E-state index in [4.69, 9.17) is 9.47 Å². The lowest BCUT2D eigenvalue weighted by Gasteiger charge is -2.25. The smallest absolute Gasteiger partial charge is 0.262 e. The predicted octanol–water partition coefficient (Wildman–Crippen LogP) is 0.0564. The molecule has 1 fully saturated rings. The van der Waals surface area contributed by atoms with Crippen LogP contribution in [0, 0.1) is 0 Å². The first-order valence-electron chi connectivity index (χ1n) is 7.37. The van der Waals surface area contributed by atoms with Gasteiger partial charge in [0, 0.05) is 24.7 Å². The third kappa shape index (κ3) is 3.41. The number of sulfonamides is 1. The van der Waals surface area contributed by atoms with E-state index in [9.17, 15) is 13.2 Å². The molecule has 126 valence electrons. The summed E-state index contributed by atoms with van der Waals surface area (Å²) < 4.78 is 38.5. The Bertz CT molecular complexity index is 713. The largest absolute Gasteiger partial charge is 0.495 e. The highest BCUT2D eigenvalue weighted by molar-refractivity contribution is 7.89. The lowest BCUT2D eigenvalue weighted by atomic mass is 10.1. The van der Waals surface area contributed by atoms with Crippen LogP contribution in [-0.4, -0.2) is 47.2 Å². The molecular weight excluding hydrogens is 322 g/mol. The molecule has 3 rings (SSSR count). The van der Waals surface area contributed by atoms with E-state index in [1.54, 1.807) is 0 Å². The van der Waals surface area contributed by atoms with Gasteiger partial charge in [-0.1, -0.05) is 0 Å². The number of carbonyl (C=O) groups is 1. The molecule has 2 aliphatic heterocycles. The van der Waals surface area contributed by atoms with Gasteiger partial charge in [-0.3, -0.25) is 4.79 Å². The number of carbonyl (C=O) groups excluding carboxylic acids is 1. The van der Waals surface area contributed by atoms with E-state index in [0.717, 1.165) is 19.4 Å². The number of hydrogen-bond donors (Lipinski definition) is 3. The second-order valence-corrected chi connectivity index (χ2v) is 7.18. The Kier molecular flexibility index (Phi) is 4.42. The number of ether oxygens (including phenoxy) is 2. The van der Waals surface area contributed by atoms with Crippen molar-refractivity contribution in [2.45, 2.75) is 23.8 Å². The van der Waals surface area contributed by atoms with Gasteiger partial charge in [0.25, 0.3) is 5.91 Å². The minimum Gasteiger partial charge on any atom is -0.495 e. The van der Waals surface area contributed by atoms with Gasteiger partial charge in [0.2, 0.25) is 10.0 Å². The summed E-state index contributed by atoms with van der Waals surface area (Å²) in [6.45, 7) is 1.35. The molecule has 1 aromatic rings. The highest BCUT2D eigenvalue weighted by Gasteiger charge is 2.28. The Balaban J connectivity index is 1.92. The number of amides is 1. The number of nitrogens with one attached hydrogen (secondary N) is 3. The summed E-state index contributed by atoms with van der Waals surface area (Å²) >= 11 is 0. The van der Waals surface area contributed by atoms with Crippen LogP contribution in [0.25, 0.3) is 0 Å². The number of anilines is 1. The van der Waals surface area contributed by atoms with Crippen molar-refractivity contribution >= 4 is 21.6 Å². The first kappa shape index (κ1) is 16.0. The van der Waals surface area contributed by atoms with E-state index in [1.165, 1.54) is 19.2 Å². The molecule has 0 radical (unpaired) electrons. The Morgan fingerprint density at radius 3 is 2.91 bits per heavy atom. The van der Waals surface area contributed by atoms with E-state index in [2.05, 4.69) is 15.4 Å². The van der Waals surface area contributed by atoms with Gasteiger partial charge in [-0.2, -0.15) is 0 Å². The van der Waals surface area contributed by atoms with Crippen LogP contribution in [0.15, 0.2) is 17.0 Å². The van der Waals surface area contributed by atoms with E-state index in [0.29, 0.717) is 18.0 Å². The molecule has 0 unspecified atom stereocenters. The molecule has 9 heteroatoms. The van der Waals surface area contributed by atoms with Crippen molar-refractivity contribution in [3.8, 4) is 11.5 Å². The monoisotopic (exact) mass is 341 g/mol. The van der Waals surface area contributed by atoms with Crippen LogP contribution in [0.2, 0.25) is 0 Å². The highest BCUT2D eigenvalue weighted by atomic mass is 32.2. The van der Waals surface area contributed by atoms with Gasteiger partial charge >= 0.3 is 0 Å². The van der Waals surface area contributed by atoms with Crippen molar-refractivity contribution in [1.82, 2.24) is 10.0 Å². The maximum absolute atomic E-state index is 12.7. The van der Waals surface area contributed by atoms with Gasteiger partial charge in [-0.05, 0) is 19.4 Å². The van der Waals surface area contributed by atoms with Gasteiger partial charge in [0.1, 0.15) is 16.4 Å². The number of rotatable bonds is 4. The van der Waals surface area contributed by atoms with E-state index < -0.39 is 10.0 Å². The zero-order valence-corrected chi connectivity index (χ0v) is 13.5. The molecular formula is C14H19N3O5S. The fourth-order valence-electron chi connectivity index (χ4n) is 2.69. The molecule has 2 heterocycles. The summed E-state index contributed by atoms with van der Waals surface area (Å²) in [6, 6.07) is 2.68. The predicted molar refractivity (Wildman–Crippen MR) is 83.3 cm³/mol. The number of piperidine rings is 1. The van der Waals surface area contributed by atoms with Crippen LogP contribution < -0.4 is 24.8 Å². The first-order chi connectivity index (χ1) is 11.0. The molecule has 3 N–H and O–H groups in total. The van der Waals surface area contributed by atoms with Gasteiger partial charge in [-0.25, -0.2) is 13.1 Å².